The molecule has 1 aromatic carbocycles. The van der Waals surface area contributed by atoms with E-state index >= 15 is 0 Å². The Hall–Kier alpha value is -1.94. The van der Waals surface area contributed by atoms with Gasteiger partial charge in [0.2, 0.25) is 0 Å². The zero-order valence-corrected chi connectivity index (χ0v) is 8.96. The van der Waals surface area contributed by atoms with E-state index in [1.54, 1.807) is 0 Å². The molecule has 1 rings (SSSR count). The zero-order chi connectivity index (χ0) is 14.2. The molecule has 0 saturated carbocycles. The summed E-state index contributed by atoms with van der Waals surface area (Å²) in [5, 5.41) is 8.41. The van der Waals surface area contributed by atoms with E-state index in [1.807, 2.05) is 0 Å². The first-order valence-corrected chi connectivity index (χ1v) is 5.43. The highest BCUT2D eigenvalue weighted by molar-refractivity contribution is 7.86. The fourth-order valence-electron chi connectivity index (χ4n) is 1.20. The van der Waals surface area contributed by atoms with Crippen LogP contribution in [0.4, 0.5) is 13.2 Å². The Labute approximate surface area is 97.4 Å². The summed E-state index contributed by atoms with van der Waals surface area (Å²) in [5.41, 5.74) is -3.55. The van der Waals surface area contributed by atoms with Gasteiger partial charge in [-0.1, -0.05) is 0 Å². The molecule has 0 spiro atoms. The molecule has 18 heavy (non-hydrogen) atoms. The standard InChI is InChI=1S/C8H3F3O6S/c9-4-2(1-12)7(18(15,16)17)6(11)3(5(4)10)8(13)14/h1H,(H,13,14)(H,15,16,17). The van der Waals surface area contributed by atoms with Crippen molar-refractivity contribution in [3.8, 4) is 0 Å². The number of carbonyl (C=O) groups excluding carboxylic acids is 1. The molecule has 0 aromatic heterocycles. The first kappa shape index (κ1) is 14.1. The SMILES string of the molecule is O=Cc1c(F)c(F)c(C(=O)O)c(F)c1S(=O)(=O)O. The summed E-state index contributed by atoms with van der Waals surface area (Å²) in [5.74, 6) is -8.98. The largest absolute Gasteiger partial charge is 0.477 e. The van der Waals surface area contributed by atoms with Gasteiger partial charge in [0.05, 0.1) is 5.56 Å². The summed E-state index contributed by atoms with van der Waals surface area (Å²) in [6.07, 6.45) is -0.559. The molecule has 0 heterocycles. The lowest BCUT2D eigenvalue weighted by Crippen LogP contribution is -2.16. The second kappa shape index (κ2) is 4.38. The lowest BCUT2D eigenvalue weighted by atomic mass is 10.1. The van der Waals surface area contributed by atoms with Crippen molar-refractivity contribution < 1.29 is 40.8 Å². The Morgan fingerprint density at radius 1 is 1.11 bits per heavy atom. The lowest BCUT2D eigenvalue weighted by Gasteiger charge is -2.08. The number of carboxylic acid groups (broad SMARTS) is 1. The number of hydrogen-bond donors (Lipinski definition) is 2. The van der Waals surface area contributed by atoms with Crippen molar-refractivity contribution in [2.75, 3.05) is 0 Å². The summed E-state index contributed by atoms with van der Waals surface area (Å²) >= 11 is 0. The first-order valence-electron chi connectivity index (χ1n) is 3.99. The third-order valence-corrected chi connectivity index (χ3v) is 2.82. The average Bonchev–Trinajstić information content (AvgIpc) is 2.20. The maximum absolute atomic E-state index is 13.4. The van der Waals surface area contributed by atoms with Crippen molar-refractivity contribution in [1.82, 2.24) is 0 Å². The molecular weight excluding hydrogens is 281 g/mol. The molecule has 0 fully saturated rings. The molecule has 6 nitrogen and oxygen atoms in total. The Balaban J connectivity index is 4.04. The molecule has 0 aliphatic heterocycles. The summed E-state index contributed by atoms with van der Waals surface area (Å²) in [7, 11) is -5.45. The lowest BCUT2D eigenvalue weighted by molar-refractivity contribution is 0.0683. The number of aldehydes is 1. The van der Waals surface area contributed by atoms with Crippen molar-refractivity contribution in [2.45, 2.75) is 4.90 Å². The van der Waals surface area contributed by atoms with E-state index in [4.69, 9.17) is 9.66 Å². The van der Waals surface area contributed by atoms with Crippen LogP contribution in [0.2, 0.25) is 0 Å². The number of halogens is 3. The molecule has 0 aliphatic rings. The fraction of sp³-hybridized carbons (Fsp3) is 0. The van der Waals surface area contributed by atoms with Gasteiger partial charge in [-0.25, -0.2) is 18.0 Å². The molecule has 2 N–H and O–H groups in total. The maximum atomic E-state index is 13.4. The molecule has 0 amide bonds. The van der Waals surface area contributed by atoms with Gasteiger partial charge in [-0.2, -0.15) is 8.42 Å². The first-order chi connectivity index (χ1) is 8.12. The second-order valence-corrected chi connectivity index (χ2v) is 4.32. The van der Waals surface area contributed by atoms with Gasteiger partial charge in [0.1, 0.15) is 10.5 Å². The predicted molar refractivity (Wildman–Crippen MR) is 48.5 cm³/mol. The highest BCUT2D eigenvalue weighted by Crippen LogP contribution is 2.27. The van der Waals surface area contributed by atoms with E-state index in [2.05, 4.69) is 0 Å². The minimum atomic E-state index is -5.45. The normalized spacial score (nSPS) is 11.3. The quantitative estimate of drug-likeness (QED) is 0.484. The van der Waals surface area contributed by atoms with Gasteiger partial charge in [0, 0.05) is 0 Å². The molecule has 0 atom stereocenters. The van der Waals surface area contributed by atoms with Crippen LogP contribution in [0.1, 0.15) is 20.7 Å². The van der Waals surface area contributed by atoms with Crippen molar-refractivity contribution in [3.63, 3.8) is 0 Å². The molecule has 10 heteroatoms. The average molecular weight is 284 g/mol. The molecule has 0 unspecified atom stereocenters. The third kappa shape index (κ3) is 2.07. The highest BCUT2D eigenvalue weighted by Gasteiger charge is 2.33. The molecule has 98 valence electrons. The van der Waals surface area contributed by atoms with Crippen LogP contribution in [0.3, 0.4) is 0 Å². The summed E-state index contributed by atoms with van der Waals surface area (Å²) in [4.78, 5) is 18.9. The van der Waals surface area contributed by atoms with E-state index < -0.39 is 55.8 Å². The van der Waals surface area contributed by atoms with Crippen molar-refractivity contribution in [2.24, 2.45) is 0 Å². The molecule has 0 saturated heterocycles. The van der Waals surface area contributed by atoms with Gasteiger partial charge in [-0.3, -0.25) is 9.35 Å². The Bertz CT molecular complexity index is 652. The number of benzene rings is 1. The van der Waals surface area contributed by atoms with E-state index in [9.17, 15) is 31.2 Å². The van der Waals surface area contributed by atoms with Gasteiger partial charge in [0.15, 0.2) is 23.7 Å². The van der Waals surface area contributed by atoms with Crippen LogP contribution in [0, 0.1) is 17.5 Å². The predicted octanol–water partition coefficient (Wildman–Crippen LogP) is 0.861. The van der Waals surface area contributed by atoms with Crippen LogP contribution in [0.15, 0.2) is 4.90 Å². The van der Waals surface area contributed by atoms with Gasteiger partial charge in [0.25, 0.3) is 10.1 Å². The van der Waals surface area contributed by atoms with E-state index in [-0.39, 0.29) is 0 Å². The Kier molecular flexibility index (Phi) is 3.44. The van der Waals surface area contributed by atoms with Crippen LogP contribution >= 0.6 is 0 Å². The number of hydrogen-bond acceptors (Lipinski definition) is 4. The van der Waals surface area contributed by atoms with E-state index in [0.717, 1.165) is 0 Å². The molecule has 0 aliphatic carbocycles. The van der Waals surface area contributed by atoms with Gasteiger partial charge >= 0.3 is 5.97 Å². The van der Waals surface area contributed by atoms with E-state index in [1.165, 1.54) is 0 Å². The second-order valence-electron chi connectivity index (χ2n) is 2.96. The third-order valence-electron chi connectivity index (χ3n) is 1.90. The molecule has 1 aromatic rings. The summed E-state index contributed by atoms with van der Waals surface area (Å²) in [6.45, 7) is 0. The molecule has 0 radical (unpaired) electrons. The van der Waals surface area contributed by atoms with Crippen LogP contribution in [0.25, 0.3) is 0 Å². The number of rotatable bonds is 3. The van der Waals surface area contributed by atoms with Crippen LogP contribution in [0.5, 0.6) is 0 Å². The maximum Gasteiger partial charge on any atom is 0.341 e. The van der Waals surface area contributed by atoms with Crippen molar-refractivity contribution in [1.29, 1.82) is 0 Å². The van der Waals surface area contributed by atoms with Crippen molar-refractivity contribution >= 4 is 22.4 Å². The molecular formula is C8H3F3O6S. The Morgan fingerprint density at radius 3 is 1.94 bits per heavy atom. The molecule has 0 bridgehead atoms. The fourth-order valence-corrected chi connectivity index (χ4v) is 1.95. The zero-order valence-electron chi connectivity index (χ0n) is 8.15. The minimum absolute atomic E-state index is 0.559. The summed E-state index contributed by atoms with van der Waals surface area (Å²) < 4.78 is 69.8. The van der Waals surface area contributed by atoms with Crippen LogP contribution in [-0.2, 0) is 10.1 Å². The van der Waals surface area contributed by atoms with Crippen LogP contribution < -0.4 is 0 Å². The minimum Gasteiger partial charge on any atom is -0.477 e. The summed E-state index contributed by atoms with van der Waals surface area (Å²) in [6, 6.07) is 0. The van der Waals surface area contributed by atoms with E-state index in [0.29, 0.717) is 0 Å². The van der Waals surface area contributed by atoms with Gasteiger partial charge < -0.3 is 5.11 Å². The number of carboxylic acids is 1. The van der Waals surface area contributed by atoms with Gasteiger partial charge in [-0.05, 0) is 0 Å². The smallest absolute Gasteiger partial charge is 0.341 e. The monoisotopic (exact) mass is 284 g/mol. The highest BCUT2D eigenvalue weighted by atomic mass is 32.2. The topological polar surface area (TPSA) is 109 Å². The number of carbonyl (C=O) groups is 2. The van der Waals surface area contributed by atoms with Crippen molar-refractivity contribution in [3.05, 3.63) is 28.6 Å². The Morgan fingerprint density at radius 2 is 1.61 bits per heavy atom. The van der Waals surface area contributed by atoms with Crippen LogP contribution in [-0.4, -0.2) is 30.3 Å². The van der Waals surface area contributed by atoms with Gasteiger partial charge in [-0.15, -0.1) is 0 Å². The number of aromatic carboxylic acids is 1.